The fraction of sp³-hybridized carbons (Fsp3) is 0.300. The minimum Gasteiger partial charge on any atom is -0.493 e. The SMILES string of the molecule is COc1cc(C(=O)Nc2ccc3c(c2)NC(=O)C(C)(C)O3)c(Br)c(OC)c1OC. The van der Waals surface area contributed by atoms with Crippen molar-refractivity contribution >= 4 is 39.1 Å². The van der Waals surface area contributed by atoms with Crippen LogP contribution in [0.3, 0.4) is 0 Å². The maximum absolute atomic E-state index is 12.9. The molecule has 29 heavy (non-hydrogen) atoms. The van der Waals surface area contributed by atoms with E-state index in [0.29, 0.717) is 44.4 Å². The van der Waals surface area contributed by atoms with Gasteiger partial charge in [0.2, 0.25) is 5.75 Å². The lowest BCUT2D eigenvalue weighted by atomic mass is 10.1. The van der Waals surface area contributed by atoms with Crippen molar-refractivity contribution in [1.29, 1.82) is 0 Å². The monoisotopic (exact) mass is 464 g/mol. The predicted molar refractivity (Wildman–Crippen MR) is 112 cm³/mol. The van der Waals surface area contributed by atoms with Gasteiger partial charge in [0.25, 0.3) is 11.8 Å². The minimum atomic E-state index is -0.959. The molecule has 154 valence electrons. The Morgan fingerprint density at radius 1 is 1.10 bits per heavy atom. The summed E-state index contributed by atoms with van der Waals surface area (Å²) in [5.74, 6) is 0.924. The van der Waals surface area contributed by atoms with Crippen LogP contribution in [-0.2, 0) is 4.79 Å². The summed E-state index contributed by atoms with van der Waals surface area (Å²) >= 11 is 3.39. The molecule has 0 radical (unpaired) electrons. The number of halogens is 1. The van der Waals surface area contributed by atoms with Crippen LogP contribution >= 0.6 is 15.9 Å². The Bertz CT molecular complexity index is 989. The molecule has 1 aliphatic rings. The van der Waals surface area contributed by atoms with Crippen molar-refractivity contribution in [3.63, 3.8) is 0 Å². The number of carbonyl (C=O) groups excluding carboxylic acids is 2. The van der Waals surface area contributed by atoms with E-state index in [0.717, 1.165) is 0 Å². The summed E-state index contributed by atoms with van der Waals surface area (Å²) in [4.78, 5) is 25.0. The summed E-state index contributed by atoms with van der Waals surface area (Å²) in [5.41, 5.74) is 0.298. The van der Waals surface area contributed by atoms with E-state index < -0.39 is 11.5 Å². The van der Waals surface area contributed by atoms with Crippen molar-refractivity contribution in [1.82, 2.24) is 0 Å². The van der Waals surface area contributed by atoms with Crippen molar-refractivity contribution in [2.24, 2.45) is 0 Å². The van der Waals surface area contributed by atoms with E-state index in [2.05, 4.69) is 26.6 Å². The molecule has 0 fully saturated rings. The average molecular weight is 465 g/mol. The van der Waals surface area contributed by atoms with Crippen LogP contribution in [0.2, 0.25) is 0 Å². The van der Waals surface area contributed by atoms with Gasteiger partial charge in [-0.15, -0.1) is 0 Å². The van der Waals surface area contributed by atoms with E-state index in [1.54, 1.807) is 38.1 Å². The van der Waals surface area contributed by atoms with Gasteiger partial charge in [-0.2, -0.15) is 0 Å². The Morgan fingerprint density at radius 2 is 1.79 bits per heavy atom. The van der Waals surface area contributed by atoms with Crippen molar-refractivity contribution in [3.05, 3.63) is 34.3 Å². The second kappa shape index (κ2) is 7.82. The summed E-state index contributed by atoms with van der Waals surface area (Å²) in [6, 6.07) is 6.56. The molecule has 0 saturated heterocycles. The second-order valence-corrected chi connectivity index (χ2v) is 7.53. The zero-order valence-corrected chi connectivity index (χ0v) is 18.2. The minimum absolute atomic E-state index is 0.263. The Morgan fingerprint density at radius 3 is 2.41 bits per heavy atom. The van der Waals surface area contributed by atoms with Crippen LogP contribution in [-0.4, -0.2) is 38.7 Å². The van der Waals surface area contributed by atoms with E-state index in [1.165, 1.54) is 21.3 Å². The van der Waals surface area contributed by atoms with E-state index in [4.69, 9.17) is 18.9 Å². The predicted octanol–water partition coefficient (Wildman–Crippen LogP) is 3.84. The van der Waals surface area contributed by atoms with Gasteiger partial charge in [0.15, 0.2) is 17.1 Å². The molecular formula is C20H21BrN2O6. The highest BCUT2D eigenvalue weighted by molar-refractivity contribution is 9.10. The van der Waals surface area contributed by atoms with Crippen LogP contribution < -0.4 is 29.6 Å². The highest BCUT2D eigenvalue weighted by Crippen LogP contribution is 2.45. The van der Waals surface area contributed by atoms with Gasteiger partial charge < -0.3 is 29.6 Å². The number of fused-ring (bicyclic) bond motifs is 1. The van der Waals surface area contributed by atoms with Gasteiger partial charge in [-0.25, -0.2) is 0 Å². The summed E-state index contributed by atoms with van der Waals surface area (Å²) < 4.78 is 22.1. The number of rotatable bonds is 5. The van der Waals surface area contributed by atoms with E-state index in [1.807, 2.05) is 0 Å². The fourth-order valence-corrected chi connectivity index (χ4v) is 3.51. The van der Waals surface area contributed by atoms with Crippen LogP contribution in [0.5, 0.6) is 23.0 Å². The first-order valence-electron chi connectivity index (χ1n) is 8.66. The normalized spacial score (nSPS) is 14.2. The second-order valence-electron chi connectivity index (χ2n) is 6.74. The molecule has 0 aromatic heterocycles. The fourth-order valence-electron chi connectivity index (χ4n) is 2.87. The van der Waals surface area contributed by atoms with Gasteiger partial charge in [0.05, 0.1) is 37.1 Å². The molecule has 2 amide bonds. The van der Waals surface area contributed by atoms with Crippen molar-refractivity contribution in [3.8, 4) is 23.0 Å². The molecule has 0 unspecified atom stereocenters. The number of hydrogen-bond acceptors (Lipinski definition) is 6. The lowest BCUT2D eigenvalue weighted by Gasteiger charge is -2.31. The third kappa shape index (κ3) is 3.82. The molecule has 0 spiro atoms. The number of amides is 2. The number of ether oxygens (including phenoxy) is 4. The molecule has 0 aliphatic carbocycles. The first-order valence-corrected chi connectivity index (χ1v) is 9.45. The third-order valence-electron chi connectivity index (χ3n) is 4.41. The van der Waals surface area contributed by atoms with Crippen LogP contribution in [0.25, 0.3) is 0 Å². The zero-order valence-electron chi connectivity index (χ0n) is 16.6. The van der Waals surface area contributed by atoms with Crippen molar-refractivity contribution in [2.45, 2.75) is 19.4 Å². The molecular weight excluding hydrogens is 444 g/mol. The van der Waals surface area contributed by atoms with Gasteiger partial charge in [-0.05, 0) is 54.0 Å². The van der Waals surface area contributed by atoms with E-state index >= 15 is 0 Å². The van der Waals surface area contributed by atoms with Crippen molar-refractivity contribution < 1.29 is 28.5 Å². The topological polar surface area (TPSA) is 95.1 Å². The molecule has 1 heterocycles. The Kier molecular flexibility index (Phi) is 5.61. The first-order chi connectivity index (χ1) is 13.7. The maximum Gasteiger partial charge on any atom is 0.268 e. The lowest BCUT2D eigenvalue weighted by molar-refractivity contribution is -0.129. The van der Waals surface area contributed by atoms with Gasteiger partial charge in [0, 0.05) is 5.69 Å². The maximum atomic E-state index is 12.9. The first kappa shape index (κ1) is 20.8. The largest absolute Gasteiger partial charge is 0.493 e. The molecule has 1 aliphatic heterocycles. The summed E-state index contributed by atoms with van der Waals surface area (Å²) in [7, 11) is 4.43. The van der Waals surface area contributed by atoms with Crippen LogP contribution in [0.4, 0.5) is 11.4 Å². The van der Waals surface area contributed by atoms with Crippen molar-refractivity contribution in [2.75, 3.05) is 32.0 Å². The van der Waals surface area contributed by atoms with Crippen LogP contribution in [0, 0.1) is 0 Å². The Labute approximate surface area is 176 Å². The Hall–Kier alpha value is -2.94. The molecule has 2 aromatic carbocycles. The third-order valence-corrected chi connectivity index (χ3v) is 5.20. The molecule has 9 heteroatoms. The van der Waals surface area contributed by atoms with Gasteiger partial charge in [-0.1, -0.05) is 0 Å². The average Bonchev–Trinajstić information content (AvgIpc) is 2.68. The standard InChI is InChI=1S/C20H21BrN2O6/c1-20(2)19(25)23-12-8-10(6-7-13(12)29-20)22-18(24)11-9-14(26-3)16(27-4)17(28-5)15(11)21/h6-9H,1-5H3,(H,22,24)(H,23,25). The molecule has 0 saturated carbocycles. The summed E-state index contributed by atoms with van der Waals surface area (Å²) in [6.07, 6.45) is 0. The Balaban J connectivity index is 1.92. The summed E-state index contributed by atoms with van der Waals surface area (Å²) in [6.45, 7) is 3.37. The number of nitrogens with one attached hydrogen (secondary N) is 2. The number of hydrogen-bond donors (Lipinski definition) is 2. The quantitative estimate of drug-likeness (QED) is 0.697. The molecule has 2 N–H and O–H groups in total. The number of anilines is 2. The molecule has 3 rings (SSSR count). The van der Waals surface area contributed by atoms with Gasteiger partial charge in [0.1, 0.15) is 5.75 Å². The highest BCUT2D eigenvalue weighted by atomic mass is 79.9. The number of benzene rings is 2. The highest BCUT2D eigenvalue weighted by Gasteiger charge is 2.35. The smallest absolute Gasteiger partial charge is 0.268 e. The van der Waals surface area contributed by atoms with Gasteiger partial charge in [-0.3, -0.25) is 9.59 Å². The number of methoxy groups -OCH3 is 3. The molecule has 0 bridgehead atoms. The lowest BCUT2D eigenvalue weighted by Crippen LogP contribution is -2.45. The molecule has 0 atom stereocenters. The zero-order chi connectivity index (χ0) is 21.3. The number of carbonyl (C=O) groups is 2. The van der Waals surface area contributed by atoms with E-state index in [9.17, 15) is 9.59 Å². The van der Waals surface area contributed by atoms with E-state index in [-0.39, 0.29) is 5.91 Å². The van der Waals surface area contributed by atoms with Crippen LogP contribution in [0.15, 0.2) is 28.7 Å². The van der Waals surface area contributed by atoms with Gasteiger partial charge >= 0.3 is 0 Å². The molecule has 2 aromatic rings. The molecule has 8 nitrogen and oxygen atoms in total. The summed E-state index contributed by atoms with van der Waals surface area (Å²) in [5, 5.41) is 5.58. The van der Waals surface area contributed by atoms with Crippen LogP contribution in [0.1, 0.15) is 24.2 Å².